The number of ether oxygens (including phenoxy) is 1. The third-order valence-corrected chi connectivity index (χ3v) is 3.77. The lowest BCUT2D eigenvalue weighted by molar-refractivity contribution is -0.137. The number of amides is 2. The predicted molar refractivity (Wildman–Crippen MR) is 97.8 cm³/mol. The molecule has 0 aliphatic carbocycles. The Morgan fingerprint density at radius 1 is 1.28 bits per heavy atom. The number of hydrogen-bond donors (Lipinski definition) is 2. The van der Waals surface area contributed by atoms with Gasteiger partial charge in [-0.2, -0.15) is 0 Å². The first-order valence-electron chi connectivity index (χ1n) is 8.80. The number of hydrogen-bond acceptors (Lipinski definition) is 3. The van der Waals surface area contributed by atoms with Crippen LogP contribution in [0.2, 0.25) is 0 Å². The summed E-state index contributed by atoms with van der Waals surface area (Å²) < 4.78 is 5.83. The van der Waals surface area contributed by atoms with Crippen molar-refractivity contribution < 1.29 is 19.4 Å². The maximum absolute atomic E-state index is 12.4. The monoisotopic (exact) mass is 350 g/mol. The number of carboxylic acid groups (broad SMARTS) is 1. The Labute approximate surface area is 150 Å². The van der Waals surface area contributed by atoms with E-state index in [1.54, 1.807) is 7.05 Å². The molecule has 1 rings (SSSR count). The highest BCUT2D eigenvalue weighted by Crippen LogP contribution is 2.29. The minimum atomic E-state index is -0.920. The molecule has 1 atom stereocenters. The molecule has 0 fully saturated rings. The number of benzene rings is 1. The summed E-state index contributed by atoms with van der Waals surface area (Å²) in [6.45, 7) is 7.04. The lowest BCUT2D eigenvalue weighted by Gasteiger charge is -2.26. The van der Waals surface area contributed by atoms with Crippen molar-refractivity contribution in [2.45, 2.75) is 46.1 Å². The Kier molecular flexibility index (Phi) is 8.81. The van der Waals surface area contributed by atoms with Gasteiger partial charge in [-0.15, -0.1) is 0 Å². The van der Waals surface area contributed by atoms with Crippen LogP contribution in [0.25, 0.3) is 0 Å². The Balaban J connectivity index is 2.90. The number of nitrogens with zero attached hydrogens (tertiary/aromatic N) is 1. The molecule has 0 radical (unpaired) electrons. The van der Waals surface area contributed by atoms with Gasteiger partial charge in [-0.05, 0) is 24.8 Å². The topological polar surface area (TPSA) is 78.9 Å². The number of para-hydroxylation sites is 1. The van der Waals surface area contributed by atoms with E-state index >= 15 is 0 Å². The first-order valence-corrected chi connectivity index (χ1v) is 8.80. The molecule has 1 unspecified atom stereocenters. The molecule has 2 N–H and O–H groups in total. The van der Waals surface area contributed by atoms with Crippen LogP contribution in [-0.2, 0) is 4.79 Å². The number of aliphatic carboxylic acids is 1. The standard InChI is InChI=1S/C19H30N2O4/c1-5-12-25-17-9-7-6-8-15(17)16(13-14(2)3)20-19(24)21(4)11-10-18(22)23/h6-9,14,16H,5,10-13H2,1-4H3,(H,20,24)(H,22,23). The van der Waals surface area contributed by atoms with Gasteiger partial charge in [0.15, 0.2) is 0 Å². The van der Waals surface area contributed by atoms with E-state index in [-0.39, 0.29) is 25.0 Å². The van der Waals surface area contributed by atoms with E-state index in [4.69, 9.17) is 9.84 Å². The van der Waals surface area contributed by atoms with Gasteiger partial charge in [0.2, 0.25) is 0 Å². The van der Waals surface area contributed by atoms with Crippen molar-refractivity contribution in [1.82, 2.24) is 10.2 Å². The zero-order valence-corrected chi connectivity index (χ0v) is 15.6. The van der Waals surface area contributed by atoms with E-state index in [2.05, 4.69) is 19.2 Å². The number of nitrogens with one attached hydrogen (secondary N) is 1. The van der Waals surface area contributed by atoms with Crippen LogP contribution in [0.15, 0.2) is 24.3 Å². The van der Waals surface area contributed by atoms with Crippen LogP contribution in [0, 0.1) is 5.92 Å². The van der Waals surface area contributed by atoms with Crippen LogP contribution in [0.5, 0.6) is 5.75 Å². The fourth-order valence-electron chi connectivity index (χ4n) is 2.47. The van der Waals surface area contributed by atoms with Crippen LogP contribution in [0.4, 0.5) is 4.79 Å². The average molecular weight is 350 g/mol. The summed E-state index contributed by atoms with van der Waals surface area (Å²) in [4.78, 5) is 24.5. The first-order chi connectivity index (χ1) is 11.8. The van der Waals surface area contributed by atoms with E-state index in [9.17, 15) is 9.59 Å². The molecule has 25 heavy (non-hydrogen) atoms. The quantitative estimate of drug-likeness (QED) is 0.675. The molecule has 0 bridgehead atoms. The first kappa shape index (κ1) is 20.8. The molecular weight excluding hydrogens is 320 g/mol. The van der Waals surface area contributed by atoms with Gasteiger partial charge in [0.1, 0.15) is 5.75 Å². The molecule has 1 aromatic rings. The zero-order valence-electron chi connectivity index (χ0n) is 15.6. The third kappa shape index (κ3) is 7.45. The number of carbonyl (C=O) groups excluding carboxylic acids is 1. The minimum absolute atomic E-state index is 0.0744. The molecule has 140 valence electrons. The minimum Gasteiger partial charge on any atom is -0.493 e. The molecule has 0 heterocycles. The second kappa shape index (κ2) is 10.6. The summed E-state index contributed by atoms with van der Waals surface area (Å²) in [6.07, 6.45) is 1.60. The van der Waals surface area contributed by atoms with Gasteiger partial charge in [0.25, 0.3) is 0 Å². The Hall–Kier alpha value is -2.24. The van der Waals surface area contributed by atoms with Crippen molar-refractivity contribution in [3.8, 4) is 5.75 Å². The highest BCUT2D eigenvalue weighted by atomic mass is 16.5. The van der Waals surface area contributed by atoms with Crippen molar-refractivity contribution >= 4 is 12.0 Å². The normalized spacial score (nSPS) is 11.9. The summed E-state index contributed by atoms with van der Waals surface area (Å²) in [5, 5.41) is 11.8. The number of rotatable bonds is 10. The van der Waals surface area contributed by atoms with Gasteiger partial charge in [0.05, 0.1) is 19.1 Å². The van der Waals surface area contributed by atoms with Crippen LogP contribution in [0.3, 0.4) is 0 Å². The maximum Gasteiger partial charge on any atom is 0.317 e. The van der Waals surface area contributed by atoms with Gasteiger partial charge >= 0.3 is 12.0 Å². The summed E-state index contributed by atoms with van der Waals surface area (Å²) >= 11 is 0. The Bertz CT molecular complexity index is 560. The van der Waals surface area contributed by atoms with E-state index in [1.807, 2.05) is 31.2 Å². The van der Waals surface area contributed by atoms with Crippen molar-refractivity contribution in [1.29, 1.82) is 0 Å². The molecule has 2 amide bonds. The second-order valence-electron chi connectivity index (χ2n) is 6.58. The van der Waals surface area contributed by atoms with Gasteiger partial charge in [-0.3, -0.25) is 4.79 Å². The van der Waals surface area contributed by atoms with Crippen LogP contribution >= 0.6 is 0 Å². The lowest BCUT2D eigenvalue weighted by atomic mass is 9.96. The highest BCUT2D eigenvalue weighted by Gasteiger charge is 2.21. The summed E-state index contributed by atoms with van der Waals surface area (Å²) in [5.74, 6) is 0.244. The molecule has 0 aliphatic heterocycles. The zero-order chi connectivity index (χ0) is 18.8. The van der Waals surface area contributed by atoms with Crippen LogP contribution in [-0.4, -0.2) is 42.2 Å². The summed E-state index contributed by atoms with van der Waals surface area (Å²) in [5.41, 5.74) is 0.949. The molecule has 6 heteroatoms. The third-order valence-electron chi connectivity index (χ3n) is 3.77. The SMILES string of the molecule is CCCOc1ccccc1C(CC(C)C)NC(=O)N(C)CCC(=O)O. The van der Waals surface area contributed by atoms with Crippen LogP contribution < -0.4 is 10.1 Å². The van der Waals surface area contributed by atoms with Crippen molar-refractivity contribution in [3.05, 3.63) is 29.8 Å². The predicted octanol–water partition coefficient (Wildman–Crippen LogP) is 3.68. The van der Waals surface area contributed by atoms with Gasteiger partial charge < -0.3 is 20.1 Å². The molecule has 0 saturated carbocycles. The van der Waals surface area contributed by atoms with E-state index < -0.39 is 5.97 Å². The number of carboxylic acids is 1. The fourth-order valence-corrected chi connectivity index (χ4v) is 2.47. The summed E-state index contributed by atoms with van der Waals surface area (Å²) in [7, 11) is 1.60. The van der Waals surface area contributed by atoms with E-state index in [0.717, 1.165) is 24.2 Å². The van der Waals surface area contributed by atoms with Crippen molar-refractivity contribution in [2.24, 2.45) is 5.92 Å². The number of urea groups is 1. The second-order valence-corrected chi connectivity index (χ2v) is 6.58. The van der Waals surface area contributed by atoms with Crippen LogP contribution in [0.1, 0.15) is 51.6 Å². The van der Waals surface area contributed by atoms with Gasteiger partial charge in [-0.25, -0.2) is 4.79 Å². The molecular formula is C19H30N2O4. The summed E-state index contributed by atoms with van der Waals surface area (Å²) in [6, 6.07) is 7.27. The van der Waals surface area contributed by atoms with E-state index in [0.29, 0.717) is 12.5 Å². The van der Waals surface area contributed by atoms with Crippen molar-refractivity contribution in [3.63, 3.8) is 0 Å². The molecule has 6 nitrogen and oxygen atoms in total. The fraction of sp³-hybridized carbons (Fsp3) is 0.579. The average Bonchev–Trinajstić information content (AvgIpc) is 2.56. The smallest absolute Gasteiger partial charge is 0.317 e. The molecule has 0 saturated heterocycles. The highest BCUT2D eigenvalue weighted by molar-refractivity contribution is 5.75. The molecule has 0 aliphatic rings. The molecule has 0 aromatic heterocycles. The molecule has 1 aromatic carbocycles. The number of carbonyl (C=O) groups is 2. The lowest BCUT2D eigenvalue weighted by Crippen LogP contribution is -2.40. The van der Waals surface area contributed by atoms with E-state index in [1.165, 1.54) is 4.90 Å². The van der Waals surface area contributed by atoms with Gasteiger partial charge in [-0.1, -0.05) is 39.0 Å². The van der Waals surface area contributed by atoms with Crippen molar-refractivity contribution in [2.75, 3.05) is 20.2 Å². The largest absolute Gasteiger partial charge is 0.493 e. The Morgan fingerprint density at radius 3 is 2.56 bits per heavy atom. The molecule has 0 spiro atoms. The Morgan fingerprint density at radius 2 is 1.96 bits per heavy atom. The van der Waals surface area contributed by atoms with Gasteiger partial charge in [0, 0.05) is 19.2 Å². The maximum atomic E-state index is 12.4.